The molecule has 2 aliphatic rings. The Bertz CT molecular complexity index is 1060. The Kier molecular flexibility index (Phi) is 3.93. The molecule has 7 heteroatoms. The zero-order chi connectivity index (χ0) is 19.1. The van der Waals surface area contributed by atoms with Gasteiger partial charge in [0, 0.05) is 17.7 Å². The lowest BCUT2D eigenvalue weighted by atomic mass is 9.78. The SMILES string of the molecule is COc1ccc([C@H]2C3=C(C[C@H](c4ccccc4)CC3=O)Nc3nnnn32)cc1. The van der Waals surface area contributed by atoms with Crippen molar-refractivity contribution in [2.45, 2.75) is 24.8 Å². The number of benzene rings is 2. The molecule has 1 aliphatic heterocycles. The van der Waals surface area contributed by atoms with Gasteiger partial charge < -0.3 is 10.1 Å². The highest BCUT2D eigenvalue weighted by molar-refractivity contribution is 6.00. The molecule has 0 saturated heterocycles. The highest BCUT2D eigenvalue weighted by Crippen LogP contribution is 2.43. The summed E-state index contributed by atoms with van der Waals surface area (Å²) < 4.78 is 6.95. The molecule has 0 radical (unpaired) electrons. The fourth-order valence-corrected chi connectivity index (χ4v) is 4.13. The second kappa shape index (κ2) is 6.60. The number of carbonyl (C=O) groups is 1. The largest absolute Gasteiger partial charge is 0.497 e. The van der Waals surface area contributed by atoms with Gasteiger partial charge >= 0.3 is 0 Å². The Morgan fingerprint density at radius 2 is 1.82 bits per heavy atom. The van der Waals surface area contributed by atoms with Gasteiger partial charge in [-0.05, 0) is 46.0 Å². The number of ketones is 1. The third-order valence-electron chi connectivity index (χ3n) is 5.48. The van der Waals surface area contributed by atoms with Crippen molar-refractivity contribution in [1.29, 1.82) is 0 Å². The fourth-order valence-electron chi connectivity index (χ4n) is 4.13. The molecule has 0 saturated carbocycles. The van der Waals surface area contributed by atoms with E-state index in [-0.39, 0.29) is 17.7 Å². The van der Waals surface area contributed by atoms with E-state index in [0.717, 1.165) is 29.0 Å². The van der Waals surface area contributed by atoms with Crippen LogP contribution in [0, 0.1) is 0 Å². The smallest absolute Gasteiger partial charge is 0.248 e. The Morgan fingerprint density at radius 3 is 2.57 bits per heavy atom. The fraction of sp³-hybridized carbons (Fsp3) is 0.238. The molecule has 28 heavy (non-hydrogen) atoms. The van der Waals surface area contributed by atoms with E-state index in [9.17, 15) is 4.79 Å². The minimum Gasteiger partial charge on any atom is -0.497 e. The monoisotopic (exact) mass is 373 g/mol. The molecule has 2 aromatic carbocycles. The Balaban J connectivity index is 1.58. The van der Waals surface area contributed by atoms with Crippen LogP contribution < -0.4 is 10.1 Å². The summed E-state index contributed by atoms with van der Waals surface area (Å²) in [5.74, 6) is 1.60. The minimum absolute atomic E-state index is 0.129. The maximum Gasteiger partial charge on any atom is 0.248 e. The molecule has 0 spiro atoms. The molecule has 0 amide bonds. The number of methoxy groups -OCH3 is 1. The topological polar surface area (TPSA) is 81.9 Å². The van der Waals surface area contributed by atoms with Crippen LogP contribution >= 0.6 is 0 Å². The summed E-state index contributed by atoms with van der Waals surface area (Å²) >= 11 is 0. The molecule has 140 valence electrons. The Labute approximate surface area is 162 Å². The second-order valence-electron chi connectivity index (χ2n) is 7.08. The molecule has 2 atom stereocenters. The number of nitrogens with zero attached hydrogens (tertiary/aromatic N) is 4. The number of rotatable bonds is 3. The van der Waals surface area contributed by atoms with E-state index in [4.69, 9.17) is 4.74 Å². The van der Waals surface area contributed by atoms with E-state index in [0.29, 0.717) is 12.4 Å². The van der Waals surface area contributed by atoms with E-state index in [2.05, 4.69) is 33.0 Å². The second-order valence-corrected chi connectivity index (χ2v) is 7.08. The highest BCUT2D eigenvalue weighted by Gasteiger charge is 2.39. The molecule has 1 N–H and O–H groups in total. The predicted octanol–water partition coefficient (Wildman–Crippen LogP) is 3.10. The first-order chi connectivity index (χ1) is 13.7. The van der Waals surface area contributed by atoms with Gasteiger partial charge in [-0.2, -0.15) is 4.68 Å². The number of carbonyl (C=O) groups excluding carboxylic acids is 1. The quantitative estimate of drug-likeness (QED) is 0.760. The number of hydrogen-bond donors (Lipinski definition) is 1. The summed E-state index contributed by atoms with van der Waals surface area (Å²) in [6.45, 7) is 0. The van der Waals surface area contributed by atoms with Crippen LogP contribution in [0.5, 0.6) is 5.75 Å². The Morgan fingerprint density at radius 1 is 1.04 bits per heavy atom. The normalized spacial score (nSPS) is 21.0. The third-order valence-corrected chi connectivity index (χ3v) is 5.48. The van der Waals surface area contributed by atoms with Crippen LogP contribution in [0.2, 0.25) is 0 Å². The number of ether oxygens (including phenoxy) is 1. The number of Topliss-reactive ketones (excluding diaryl/α,β-unsaturated/α-hetero) is 1. The first-order valence-electron chi connectivity index (χ1n) is 9.24. The van der Waals surface area contributed by atoms with Crippen molar-refractivity contribution in [3.05, 3.63) is 77.0 Å². The van der Waals surface area contributed by atoms with Gasteiger partial charge in [0.05, 0.1) is 7.11 Å². The first-order valence-corrected chi connectivity index (χ1v) is 9.24. The van der Waals surface area contributed by atoms with E-state index < -0.39 is 0 Å². The van der Waals surface area contributed by atoms with E-state index in [1.165, 1.54) is 5.56 Å². The molecular weight excluding hydrogens is 354 g/mol. The molecule has 7 nitrogen and oxygen atoms in total. The molecule has 2 heterocycles. The summed E-state index contributed by atoms with van der Waals surface area (Å²) in [5, 5.41) is 15.3. The van der Waals surface area contributed by atoms with Crippen LogP contribution in [0.4, 0.5) is 5.95 Å². The minimum atomic E-state index is -0.337. The van der Waals surface area contributed by atoms with Crippen molar-refractivity contribution >= 4 is 11.7 Å². The molecule has 0 unspecified atom stereocenters. The molecular formula is C21H19N5O2. The summed E-state index contributed by atoms with van der Waals surface area (Å²) in [6.07, 6.45) is 1.24. The third kappa shape index (κ3) is 2.67. The Hall–Kier alpha value is -3.48. The zero-order valence-electron chi connectivity index (χ0n) is 15.4. The number of nitrogens with one attached hydrogen (secondary N) is 1. The molecule has 0 bridgehead atoms. The van der Waals surface area contributed by atoms with Gasteiger partial charge in [0.1, 0.15) is 11.8 Å². The first kappa shape index (κ1) is 16.7. The van der Waals surface area contributed by atoms with Crippen LogP contribution in [-0.4, -0.2) is 33.1 Å². The van der Waals surface area contributed by atoms with Gasteiger partial charge in [-0.1, -0.05) is 47.6 Å². The highest BCUT2D eigenvalue weighted by atomic mass is 16.5. The predicted molar refractivity (Wildman–Crippen MR) is 103 cm³/mol. The molecule has 1 aromatic heterocycles. The van der Waals surface area contributed by atoms with Gasteiger partial charge in [-0.25, -0.2) is 0 Å². The number of anilines is 1. The lowest BCUT2D eigenvalue weighted by molar-refractivity contribution is -0.116. The number of hydrogen-bond acceptors (Lipinski definition) is 6. The van der Waals surface area contributed by atoms with Crippen molar-refractivity contribution in [2.24, 2.45) is 0 Å². The number of fused-ring (bicyclic) bond motifs is 1. The van der Waals surface area contributed by atoms with Crippen LogP contribution in [0.25, 0.3) is 0 Å². The van der Waals surface area contributed by atoms with E-state index >= 15 is 0 Å². The number of tetrazole rings is 1. The van der Waals surface area contributed by atoms with Gasteiger partial charge in [0.15, 0.2) is 5.78 Å². The van der Waals surface area contributed by atoms with Gasteiger partial charge in [0.25, 0.3) is 0 Å². The van der Waals surface area contributed by atoms with E-state index in [1.54, 1.807) is 11.8 Å². The van der Waals surface area contributed by atoms with Gasteiger partial charge in [0.2, 0.25) is 5.95 Å². The van der Waals surface area contributed by atoms with Crippen molar-refractivity contribution < 1.29 is 9.53 Å². The van der Waals surface area contributed by atoms with Crippen molar-refractivity contribution in [3.63, 3.8) is 0 Å². The van der Waals surface area contributed by atoms with Crippen molar-refractivity contribution in [2.75, 3.05) is 12.4 Å². The molecule has 5 rings (SSSR count). The van der Waals surface area contributed by atoms with Crippen molar-refractivity contribution in [3.8, 4) is 5.75 Å². The van der Waals surface area contributed by atoms with E-state index in [1.807, 2.05) is 42.5 Å². The van der Waals surface area contributed by atoms with Crippen LogP contribution in [0.15, 0.2) is 65.9 Å². The molecule has 1 aliphatic carbocycles. The standard InChI is InChI=1S/C21H19N5O2/c1-28-16-9-7-14(8-10-16)20-19-17(22-21-23-24-25-26(20)21)11-15(12-18(19)27)13-5-3-2-4-6-13/h2-10,15,20H,11-12H2,1H3,(H,22,23,25)/t15-,20-/m0/s1. The summed E-state index contributed by atoms with van der Waals surface area (Å²) in [5.41, 5.74) is 3.79. The molecule has 3 aromatic rings. The average molecular weight is 373 g/mol. The lowest BCUT2D eigenvalue weighted by Crippen LogP contribution is -2.33. The van der Waals surface area contributed by atoms with Crippen molar-refractivity contribution in [1.82, 2.24) is 20.2 Å². The van der Waals surface area contributed by atoms with Gasteiger partial charge in [-0.15, -0.1) is 0 Å². The lowest BCUT2D eigenvalue weighted by Gasteiger charge is -2.34. The van der Waals surface area contributed by atoms with Crippen LogP contribution in [0.3, 0.4) is 0 Å². The summed E-state index contributed by atoms with van der Waals surface area (Å²) in [4.78, 5) is 13.2. The number of aromatic nitrogens is 4. The van der Waals surface area contributed by atoms with Crippen LogP contribution in [-0.2, 0) is 4.79 Å². The molecule has 0 fully saturated rings. The zero-order valence-corrected chi connectivity index (χ0v) is 15.4. The maximum atomic E-state index is 13.2. The van der Waals surface area contributed by atoms with Crippen LogP contribution in [0.1, 0.15) is 35.9 Å². The van der Waals surface area contributed by atoms with Gasteiger partial charge in [-0.3, -0.25) is 4.79 Å². The summed E-state index contributed by atoms with van der Waals surface area (Å²) in [6, 6.07) is 17.5. The summed E-state index contributed by atoms with van der Waals surface area (Å²) in [7, 11) is 1.63. The number of allylic oxidation sites excluding steroid dienone is 2. The average Bonchev–Trinajstić information content (AvgIpc) is 3.21. The maximum absolute atomic E-state index is 13.2.